The summed E-state index contributed by atoms with van der Waals surface area (Å²) in [6.07, 6.45) is 4.52. The lowest BCUT2D eigenvalue weighted by molar-refractivity contribution is -0.112. The molecule has 0 atom stereocenters. The number of aldehydes is 1. The van der Waals surface area contributed by atoms with Crippen molar-refractivity contribution in [1.29, 1.82) is 0 Å². The highest BCUT2D eigenvalue weighted by Crippen LogP contribution is 2.24. The summed E-state index contributed by atoms with van der Waals surface area (Å²) in [4.78, 5) is 22.0. The van der Waals surface area contributed by atoms with Gasteiger partial charge in [0.05, 0.1) is 12.7 Å². The van der Waals surface area contributed by atoms with Gasteiger partial charge in [-0.15, -0.1) is 0 Å². The zero-order chi connectivity index (χ0) is 14.3. The summed E-state index contributed by atoms with van der Waals surface area (Å²) >= 11 is 0. The van der Waals surface area contributed by atoms with Gasteiger partial charge in [-0.25, -0.2) is 4.79 Å². The Morgan fingerprint density at radius 2 is 1.89 bits per heavy atom. The third-order valence-corrected chi connectivity index (χ3v) is 3.04. The van der Waals surface area contributed by atoms with Gasteiger partial charge in [0.2, 0.25) is 0 Å². The molecule has 0 bridgehead atoms. The average Bonchev–Trinajstić information content (AvgIpc) is 2.33. The molecule has 0 radical (unpaired) electrons. The first kappa shape index (κ1) is 16.0. The fourth-order valence-corrected chi connectivity index (χ4v) is 2.08. The van der Waals surface area contributed by atoms with Crippen LogP contribution in [0.2, 0.25) is 0 Å². The smallest absolute Gasteiger partial charge is 0.407 e. The lowest BCUT2D eigenvalue weighted by Crippen LogP contribution is -2.35. The minimum atomic E-state index is -0.474. The third kappa shape index (κ3) is 7.15. The van der Waals surface area contributed by atoms with Gasteiger partial charge in [-0.2, -0.15) is 0 Å². The van der Waals surface area contributed by atoms with Crippen molar-refractivity contribution in [3.63, 3.8) is 0 Å². The van der Waals surface area contributed by atoms with Gasteiger partial charge in [0.15, 0.2) is 0 Å². The second-order valence-corrected chi connectivity index (χ2v) is 5.97. The highest BCUT2D eigenvalue weighted by atomic mass is 16.6. The Labute approximate surface area is 115 Å². The predicted octanol–water partition coefficient (Wildman–Crippen LogP) is 2.29. The number of carbonyl (C=O) groups is 2. The lowest BCUT2D eigenvalue weighted by Gasteiger charge is -2.25. The van der Waals surface area contributed by atoms with Crippen molar-refractivity contribution < 1.29 is 19.1 Å². The fourth-order valence-electron chi connectivity index (χ4n) is 2.08. The molecule has 0 aromatic heterocycles. The number of nitrogens with one attached hydrogen (secondary N) is 1. The van der Waals surface area contributed by atoms with Crippen molar-refractivity contribution in [2.24, 2.45) is 5.92 Å². The number of alkyl carbamates (subject to hydrolysis) is 1. The van der Waals surface area contributed by atoms with Crippen LogP contribution in [0.15, 0.2) is 0 Å². The number of hydrogen-bond acceptors (Lipinski definition) is 4. The van der Waals surface area contributed by atoms with Crippen LogP contribution in [0.5, 0.6) is 0 Å². The van der Waals surface area contributed by atoms with Gasteiger partial charge in [0, 0.05) is 12.5 Å². The van der Waals surface area contributed by atoms with Crippen LogP contribution in [-0.4, -0.2) is 37.2 Å². The first-order valence-corrected chi connectivity index (χ1v) is 6.94. The number of rotatable bonds is 5. The highest BCUT2D eigenvalue weighted by molar-refractivity contribution is 5.67. The van der Waals surface area contributed by atoms with E-state index in [1.807, 2.05) is 20.8 Å². The molecule has 0 heterocycles. The van der Waals surface area contributed by atoms with Crippen LogP contribution >= 0.6 is 0 Å². The van der Waals surface area contributed by atoms with Crippen LogP contribution < -0.4 is 5.32 Å². The molecule has 1 N–H and O–H groups in total. The minimum Gasteiger partial charge on any atom is -0.444 e. The molecule has 0 aromatic rings. The van der Waals surface area contributed by atoms with Crippen molar-refractivity contribution in [3.05, 3.63) is 0 Å². The van der Waals surface area contributed by atoms with E-state index in [2.05, 4.69) is 5.32 Å². The Kier molecular flexibility index (Phi) is 6.28. The van der Waals surface area contributed by atoms with Crippen LogP contribution in [0.3, 0.4) is 0 Å². The molecule has 0 saturated heterocycles. The molecule has 5 heteroatoms. The zero-order valence-electron chi connectivity index (χ0n) is 12.1. The van der Waals surface area contributed by atoms with Crippen molar-refractivity contribution in [2.45, 2.75) is 58.2 Å². The van der Waals surface area contributed by atoms with E-state index >= 15 is 0 Å². The largest absolute Gasteiger partial charge is 0.444 e. The third-order valence-electron chi connectivity index (χ3n) is 3.04. The average molecular weight is 271 g/mol. The van der Waals surface area contributed by atoms with Crippen LogP contribution in [0.4, 0.5) is 4.79 Å². The van der Waals surface area contributed by atoms with Crippen LogP contribution in [0.25, 0.3) is 0 Å². The number of ether oxygens (including phenoxy) is 2. The number of amides is 1. The normalized spacial score (nSPS) is 23.7. The van der Waals surface area contributed by atoms with E-state index in [0.717, 1.165) is 32.0 Å². The zero-order valence-corrected chi connectivity index (χ0v) is 12.1. The van der Waals surface area contributed by atoms with E-state index in [1.54, 1.807) is 0 Å². The molecule has 1 rings (SSSR count). The topological polar surface area (TPSA) is 64.6 Å². The van der Waals surface area contributed by atoms with Gasteiger partial charge in [-0.1, -0.05) is 0 Å². The summed E-state index contributed by atoms with van der Waals surface area (Å²) < 4.78 is 10.8. The molecule has 0 aromatic carbocycles. The molecule has 0 spiro atoms. The SMILES string of the molecule is CC(C)(C)OC(=O)NCCOC1CCC(C=O)CC1. The Hall–Kier alpha value is -1.10. The van der Waals surface area contributed by atoms with Crippen LogP contribution in [0, 0.1) is 5.92 Å². The van der Waals surface area contributed by atoms with Crippen molar-refractivity contribution in [3.8, 4) is 0 Å². The Bertz CT molecular complexity index is 290. The van der Waals surface area contributed by atoms with Crippen LogP contribution in [0.1, 0.15) is 46.5 Å². The van der Waals surface area contributed by atoms with Crippen molar-refractivity contribution >= 4 is 12.4 Å². The Balaban J connectivity index is 2.05. The van der Waals surface area contributed by atoms with Crippen LogP contribution in [-0.2, 0) is 14.3 Å². The van der Waals surface area contributed by atoms with E-state index in [4.69, 9.17) is 9.47 Å². The molecule has 0 unspecified atom stereocenters. The molecule has 0 aliphatic heterocycles. The fraction of sp³-hybridized carbons (Fsp3) is 0.857. The van der Waals surface area contributed by atoms with Gasteiger partial charge in [-0.3, -0.25) is 0 Å². The molecular formula is C14H25NO4. The monoisotopic (exact) mass is 271 g/mol. The van der Waals surface area contributed by atoms with E-state index in [-0.39, 0.29) is 12.0 Å². The van der Waals surface area contributed by atoms with E-state index in [9.17, 15) is 9.59 Å². The lowest BCUT2D eigenvalue weighted by atomic mass is 9.88. The number of hydrogen-bond donors (Lipinski definition) is 1. The summed E-state index contributed by atoms with van der Waals surface area (Å²) in [5.74, 6) is 0.208. The molecule has 1 amide bonds. The van der Waals surface area contributed by atoms with E-state index in [1.165, 1.54) is 0 Å². The maximum Gasteiger partial charge on any atom is 0.407 e. The van der Waals surface area contributed by atoms with Gasteiger partial charge >= 0.3 is 6.09 Å². The van der Waals surface area contributed by atoms with Gasteiger partial charge in [0.1, 0.15) is 11.9 Å². The molecular weight excluding hydrogens is 246 g/mol. The maximum absolute atomic E-state index is 11.4. The summed E-state index contributed by atoms with van der Waals surface area (Å²) in [5, 5.41) is 2.66. The molecule has 19 heavy (non-hydrogen) atoms. The Morgan fingerprint density at radius 3 is 2.42 bits per heavy atom. The molecule has 1 saturated carbocycles. The summed E-state index contributed by atoms with van der Waals surface area (Å²) in [7, 11) is 0. The first-order chi connectivity index (χ1) is 8.90. The maximum atomic E-state index is 11.4. The second kappa shape index (κ2) is 7.48. The van der Waals surface area contributed by atoms with Gasteiger partial charge in [0.25, 0.3) is 0 Å². The van der Waals surface area contributed by atoms with Crippen molar-refractivity contribution in [1.82, 2.24) is 5.32 Å². The van der Waals surface area contributed by atoms with Crippen molar-refractivity contribution in [2.75, 3.05) is 13.2 Å². The summed E-state index contributed by atoms with van der Waals surface area (Å²) in [6, 6.07) is 0. The quantitative estimate of drug-likeness (QED) is 0.615. The standard InChI is InChI=1S/C14H25NO4/c1-14(2,3)19-13(17)15-8-9-18-12-6-4-11(10-16)5-7-12/h10-12H,4-9H2,1-3H3,(H,15,17). The molecule has 5 nitrogen and oxygen atoms in total. The number of carbonyl (C=O) groups excluding carboxylic acids is 2. The Morgan fingerprint density at radius 1 is 1.26 bits per heavy atom. The van der Waals surface area contributed by atoms with Gasteiger partial charge in [-0.05, 0) is 46.5 Å². The predicted molar refractivity (Wildman–Crippen MR) is 72.0 cm³/mol. The molecule has 1 aliphatic carbocycles. The highest BCUT2D eigenvalue weighted by Gasteiger charge is 2.21. The summed E-state index contributed by atoms with van der Waals surface area (Å²) in [6.45, 7) is 6.41. The molecule has 1 aliphatic rings. The minimum absolute atomic E-state index is 0.208. The second-order valence-electron chi connectivity index (χ2n) is 5.97. The molecule has 1 fully saturated rings. The molecule has 110 valence electrons. The van der Waals surface area contributed by atoms with E-state index in [0.29, 0.717) is 13.2 Å². The van der Waals surface area contributed by atoms with Gasteiger partial charge < -0.3 is 19.6 Å². The van der Waals surface area contributed by atoms with E-state index < -0.39 is 11.7 Å². The summed E-state index contributed by atoms with van der Waals surface area (Å²) in [5.41, 5.74) is -0.474. The first-order valence-electron chi connectivity index (χ1n) is 6.94.